The van der Waals surface area contributed by atoms with Crippen LogP contribution in [0, 0.1) is 6.92 Å². The van der Waals surface area contributed by atoms with Gasteiger partial charge in [-0.1, -0.05) is 66.2 Å². The van der Waals surface area contributed by atoms with E-state index in [1.807, 2.05) is 73.7 Å². The summed E-state index contributed by atoms with van der Waals surface area (Å²) in [7, 11) is 0. The molecule has 0 aliphatic heterocycles. The van der Waals surface area contributed by atoms with Crippen LogP contribution in [0.4, 0.5) is 11.4 Å². The highest BCUT2D eigenvalue weighted by atomic mass is 16.1. The molecule has 124 valence electrons. The van der Waals surface area contributed by atoms with Gasteiger partial charge < -0.3 is 11.1 Å². The van der Waals surface area contributed by atoms with Gasteiger partial charge in [-0.15, -0.1) is 0 Å². The third-order valence-corrected chi connectivity index (χ3v) is 3.91. The van der Waals surface area contributed by atoms with E-state index in [0.29, 0.717) is 16.9 Å². The maximum absolute atomic E-state index is 12.4. The fourth-order valence-electron chi connectivity index (χ4n) is 2.44. The Labute approximate surface area is 147 Å². The van der Waals surface area contributed by atoms with Gasteiger partial charge in [-0.05, 0) is 42.3 Å². The van der Waals surface area contributed by atoms with Crippen molar-refractivity contribution in [1.29, 1.82) is 0 Å². The maximum atomic E-state index is 12.4. The summed E-state index contributed by atoms with van der Waals surface area (Å²) in [6.45, 7) is 1.99. The van der Waals surface area contributed by atoms with Gasteiger partial charge in [0.05, 0.1) is 11.4 Å². The average Bonchev–Trinajstić information content (AvgIpc) is 2.63. The number of nitrogen functional groups attached to an aromatic ring is 1. The standard InChI is InChI=1S/C22H20N2O/c1-16-7-12-19(13-8-16)22(25)24-21-15-18(11-14-20(21)23)10-9-17-5-3-2-4-6-17/h2-15H,23H2,1H3,(H,24,25). The zero-order valence-electron chi connectivity index (χ0n) is 14.1. The Balaban J connectivity index is 1.78. The van der Waals surface area contributed by atoms with Crippen LogP contribution in [-0.2, 0) is 0 Å². The number of benzene rings is 3. The second-order valence-electron chi connectivity index (χ2n) is 5.91. The van der Waals surface area contributed by atoms with Crippen molar-refractivity contribution < 1.29 is 4.79 Å². The number of nitrogens with one attached hydrogen (secondary N) is 1. The Morgan fingerprint density at radius 2 is 1.56 bits per heavy atom. The Morgan fingerprint density at radius 1 is 0.880 bits per heavy atom. The second-order valence-corrected chi connectivity index (χ2v) is 5.91. The Bertz CT molecular complexity index is 897. The summed E-state index contributed by atoms with van der Waals surface area (Å²) >= 11 is 0. The second kappa shape index (κ2) is 7.49. The highest BCUT2D eigenvalue weighted by molar-refractivity contribution is 6.06. The summed E-state index contributed by atoms with van der Waals surface area (Å²) in [6.07, 6.45) is 4.02. The lowest BCUT2D eigenvalue weighted by molar-refractivity contribution is 0.102. The first-order chi connectivity index (χ1) is 12.1. The van der Waals surface area contributed by atoms with Gasteiger partial charge in [0, 0.05) is 5.56 Å². The van der Waals surface area contributed by atoms with Gasteiger partial charge in [0.2, 0.25) is 0 Å². The largest absolute Gasteiger partial charge is 0.397 e. The van der Waals surface area contributed by atoms with Crippen LogP contribution < -0.4 is 11.1 Å². The molecule has 0 heterocycles. The first kappa shape index (κ1) is 16.5. The molecule has 0 spiro atoms. The molecular formula is C22H20N2O. The molecule has 0 aromatic heterocycles. The summed E-state index contributed by atoms with van der Waals surface area (Å²) in [6, 6.07) is 23.1. The molecule has 3 nitrogen and oxygen atoms in total. The van der Waals surface area contributed by atoms with Crippen molar-refractivity contribution in [2.24, 2.45) is 0 Å². The molecule has 3 aromatic rings. The first-order valence-corrected chi connectivity index (χ1v) is 8.12. The zero-order valence-corrected chi connectivity index (χ0v) is 14.1. The molecular weight excluding hydrogens is 308 g/mol. The molecule has 3 N–H and O–H groups in total. The topological polar surface area (TPSA) is 55.1 Å². The fraction of sp³-hybridized carbons (Fsp3) is 0.0455. The van der Waals surface area contributed by atoms with Crippen LogP contribution in [0.15, 0.2) is 72.8 Å². The highest BCUT2D eigenvalue weighted by Crippen LogP contribution is 2.22. The quantitative estimate of drug-likeness (QED) is 0.523. The van der Waals surface area contributed by atoms with Crippen molar-refractivity contribution in [3.63, 3.8) is 0 Å². The third kappa shape index (κ3) is 4.36. The molecule has 0 aliphatic carbocycles. The van der Waals surface area contributed by atoms with E-state index in [1.54, 1.807) is 18.2 Å². The number of aryl methyl sites for hydroxylation is 1. The molecule has 3 rings (SSSR count). The molecule has 0 bridgehead atoms. The van der Waals surface area contributed by atoms with E-state index in [4.69, 9.17) is 5.73 Å². The smallest absolute Gasteiger partial charge is 0.255 e. The van der Waals surface area contributed by atoms with E-state index in [2.05, 4.69) is 5.32 Å². The van der Waals surface area contributed by atoms with Crippen LogP contribution >= 0.6 is 0 Å². The molecule has 0 radical (unpaired) electrons. The van der Waals surface area contributed by atoms with Crippen LogP contribution in [0.1, 0.15) is 27.0 Å². The summed E-state index contributed by atoms with van der Waals surface area (Å²) in [4.78, 5) is 12.4. The van der Waals surface area contributed by atoms with Gasteiger partial charge in [-0.3, -0.25) is 4.79 Å². The Morgan fingerprint density at radius 3 is 2.28 bits per heavy atom. The van der Waals surface area contributed by atoms with Crippen molar-refractivity contribution in [2.75, 3.05) is 11.1 Å². The number of nitrogens with two attached hydrogens (primary N) is 1. The number of anilines is 2. The van der Waals surface area contributed by atoms with E-state index < -0.39 is 0 Å². The van der Waals surface area contributed by atoms with Crippen molar-refractivity contribution in [3.8, 4) is 0 Å². The minimum absolute atomic E-state index is 0.170. The molecule has 0 saturated carbocycles. The van der Waals surface area contributed by atoms with Crippen molar-refractivity contribution in [2.45, 2.75) is 6.92 Å². The number of rotatable bonds is 4. The Kier molecular flexibility index (Phi) is 4.95. The summed E-state index contributed by atoms with van der Waals surface area (Å²) in [5.74, 6) is -0.170. The Hall–Kier alpha value is -3.33. The van der Waals surface area contributed by atoms with Gasteiger partial charge in [0.1, 0.15) is 0 Å². The highest BCUT2D eigenvalue weighted by Gasteiger charge is 2.08. The maximum Gasteiger partial charge on any atom is 0.255 e. The molecule has 0 fully saturated rings. The van der Waals surface area contributed by atoms with Crippen molar-refractivity contribution in [3.05, 3.63) is 95.1 Å². The number of amides is 1. The molecule has 1 amide bonds. The predicted molar refractivity (Wildman–Crippen MR) is 105 cm³/mol. The van der Waals surface area contributed by atoms with E-state index in [9.17, 15) is 4.79 Å². The van der Waals surface area contributed by atoms with Gasteiger partial charge >= 0.3 is 0 Å². The van der Waals surface area contributed by atoms with Gasteiger partial charge in [-0.2, -0.15) is 0 Å². The minimum Gasteiger partial charge on any atom is -0.397 e. The molecule has 3 heteroatoms. The third-order valence-electron chi connectivity index (χ3n) is 3.91. The lowest BCUT2D eigenvalue weighted by Crippen LogP contribution is -2.13. The zero-order chi connectivity index (χ0) is 17.6. The van der Waals surface area contributed by atoms with E-state index in [1.165, 1.54) is 0 Å². The number of carbonyl (C=O) groups is 1. The van der Waals surface area contributed by atoms with Gasteiger partial charge in [0.25, 0.3) is 5.91 Å². The summed E-state index contributed by atoms with van der Waals surface area (Å²) in [5.41, 5.74) is 11.0. The van der Waals surface area contributed by atoms with E-state index in [-0.39, 0.29) is 5.91 Å². The molecule has 0 saturated heterocycles. The van der Waals surface area contributed by atoms with Crippen molar-refractivity contribution >= 4 is 29.4 Å². The summed E-state index contributed by atoms with van der Waals surface area (Å²) in [5, 5.41) is 2.89. The molecule has 3 aromatic carbocycles. The number of hydrogen-bond donors (Lipinski definition) is 2. The molecule has 0 atom stereocenters. The van der Waals surface area contributed by atoms with E-state index >= 15 is 0 Å². The van der Waals surface area contributed by atoms with Crippen LogP contribution in [0.2, 0.25) is 0 Å². The van der Waals surface area contributed by atoms with Crippen molar-refractivity contribution in [1.82, 2.24) is 0 Å². The SMILES string of the molecule is Cc1ccc(C(=O)Nc2cc(C=Cc3ccccc3)ccc2N)cc1. The first-order valence-electron chi connectivity index (χ1n) is 8.12. The van der Waals surface area contributed by atoms with Gasteiger partial charge in [-0.25, -0.2) is 0 Å². The normalized spacial score (nSPS) is 10.8. The molecule has 25 heavy (non-hydrogen) atoms. The van der Waals surface area contributed by atoms with Gasteiger partial charge in [0.15, 0.2) is 0 Å². The average molecular weight is 328 g/mol. The number of hydrogen-bond acceptors (Lipinski definition) is 2. The van der Waals surface area contributed by atoms with Crippen LogP contribution in [-0.4, -0.2) is 5.91 Å². The number of carbonyl (C=O) groups excluding carboxylic acids is 1. The predicted octanol–water partition coefficient (Wildman–Crippen LogP) is 5.00. The fourth-order valence-corrected chi connectivity index (χ4v) is 2.44. The van der Waals surface area contributed by atoms with Crippen LogP contribution in [0.5, 0.6) is 0 Å². The summed E-state index contributed by atoms with van der Waals surface area (Å²) < 4.78 is 0. The lowest BCUT2D eigenvalue weighted by atomic mass is 10.1. The molecule has 0 aliphatic rings. The van der Waals surface area contributed by atoms with Crippen LogP contribution in [0.25, 0.3) is 12.2 Å². The minimum atomic E-state index is -0.170. The monoisotopic (exact) mass is 328 g/mol. The van der Waals surface area contributed by atoms with E-state index in [0.717, 1.165) is 16.7 Å². The van der Waals surface area contributed by atoms with Crippen LogP contribution in [0.3, 0.4) is 0 Å². The molecule has 0 unspecified atom stereocenters. The lowest BCUT2D eigenvalue weighted by Gasteiger charge is -2.09.